The first kappa shape index (κ1) is 18.5. The Bertz CT molecular complexity index is 823. The molecule has 27 heavy (non-hydrogen) atoms. The van der Waals surface area contributed by atoms with E-state index in [0.29, 0.717) is 0 Å². The first-order valence-electron chi connectivity index (χ1n) is 9.57. The van der Waals surface area contributed by atoms with E-state index in [1.54, 1.807) is 0 Å². The number of rotatable bonds is 7. The molecule has 1 aliphatic rings. The minimum Gasteiger partial charge on any atom is -0.459 e. The lowest BCUT2D eigenvalue weighted by Crippen LogP contribution is -2.38. The number of benzene rings is 2. The maximum Gasteiger partial charge on any atom is 0.134 e. The molecule has 0 saturated carbocycles. The fourth-order valence-corrected chi connectivity index (χ4v) is 3.68. The standard InChI is InChI=1S/C22H25ClN2O2/c23-19-8-6-17(7-9-19)22(21-16-18-4-1-2-5-20(18)27-21)24-10-3-11-25-12-14-26-15-13-25/h1-2,4-9,16,22,24H,3,10-15H2. The van der Waals surface area contributed by atoms with E-state index in [2.05, 4.69) is 34.5 Å². The Labute approximate surface area is 165 Å². The highest BCUT2D eigenvalue weighted by atomic mass is 35.5. The highest BCUT2D eigenvalue weighted by Gasteiger charge is 2.18. The maximum atomic E-state index is 6.14. The third-order valence-electron chi connectivity index (χ3n) is 5.04. The van der Waals surface area contributed by atoms with Crippen molar-refractivity contribution in [2.24, 2.45) is 0 Å². The molecule has 1 unspecified atom stereocenters. The van der Waals surface area contributed by atoms with E-state index >= 15 is 0 Å². The van der Waals surface area contributed by atoms with Gasteiger partial charge in [-0.25, -0.2) is 0 Å². The molecule has 0 amide bonds. The summed E-state index contributed by atoms with van der Waals surface area (Å²) in [7, 11) is 0. The van der Waals surface area contributed by atoms with E-state index in [9.17, 15) is 0 Å². The van der Waals surface area contributed by atoms with Crippen LogP contribution in [0.1, 0.15) is 23.8 Å². The molecule has 0 radical (unpaired) electrons. The molecule has 0 aliphatic carbocycles. The Kier molecular flexibility index (Phi) is 6.10. The predicted octanol–water partition coefficient (Wildman–Crippen LogP) is 4.49. The highest BCUT2D eigenvalue weighted by Crippen LogP contribution is 2.29. The van der Waals surface area contributed by atoms with E-state index in [4.69, 9.17) is 20.8 Å². The van der Waals surface area contributed by atoms with Gasteiger partial charge in [0.05, 0.1) is 19.3 Å². The van der Waals surface area contributed by atoms with Crippen molar-refractivity contribution in [3.8, 4) is 0 Å². The molecule has 5 heteroatoms. The number of nitrogens with one attached hydrogen (secondary N) is 1. The first-order valence-corrected chi connectivity index (χ1v) is 9.95. The Morgan fingerprint density at radius 3 is 2.59 bits per heavy atom. The van der Waals surface area contributed by atoms with Crippen LogP contribution in [0.15, 0.2) is 59.0 Å². The van der Waals surface area contributed by atoms with Crippen LogP contribution in [0.25, 0.3) is 11.0 Å². The van der Waals surface area contributed by atoms with Gasteiger partial charge in [0.15, 0.2) is 0 Å². The lowest BCUT2D eigenvalue weighted by Gasteiger charge is -2.26. The van der Waals surface area contributed by atoms with Gasteiger partial charge in [-0.15, -0.1) is 0 Å². The van der Waals surface area contributed by atoms with Gasteiger partial charge in [0.25, 0.3) is 0 Å². The van der Waals surface area contributed by atoms with Crippen LogP contribution < -0.4 is 5.32 Å². The number of fused-ring (bicyclic) bond motifs is 1. The molecular formula is C22H25ClN2O2. The van der Waals surface area contributed by atoms with Gasteiger partial charge >= 0.3 is 0 Å². The van der Waals surface area contributed by atoms with Gasteiger partial charge in [0.2, 0.25) is 0 Å². The summed E-state index contributed by atoms with van der Waals surface area (Å²) in [6.07, 6.45) is 1.09. The Hall–Kier alpha value is -1.85. The van der Waals surface area contributed by atoms with Crippen LogP contribution in [0.2, 0.25) is 5.02 Å². The monoisotopic (exact) mass is 384 g/mol. The largest absolute Gasteiger partial charge is 0.459 e. The minimum atomic E-state index is 0.0133. The quantitative estimate of drug-likeness (QED) is 0.609. The van der Waals surface area contributed by atoms with E-state index in [1.165, 1.54) is 0 Å². The van der Waals surface area contributed by atoms with Gasteiger partial charge in [-0.3, -0.25) is 4.90 Å². The van der Waals surface area contributed by atoms with Gasteiger partial charge < -0.3 is 14.5 Å². The van der Waals surface area contributed by atoms with Gasteiger partial charge in [0, 0.05) is 23.5 Å². The zero-order valence-corrected chi connectivity index (χ0v) is 16.1. The highest BCUT2D eigenvalue weighted by molar-refractivity contribution is 6.30. The van der Waals surface area contributed by atoms with E-state index in [0.717, 1.165) is 73.1 Å². The molecule has 2 aromatic carbocycles. The number of hydrogen-bond acceptors (Lipinski definition) is 4. The molecule has 1 atom stereocenters. The predicted molar refractivity (Wildman–Crippen MR) is 109 cm³/mol. The number of hydrogen-bond donors (Lipinski definition) is 1. The summed E-state index contributed by atoms with van der Waals surface area (Å²) in [5, 5.41) is 5.55. The van der Waals surface area contributed by atoms with Crippen molar-refractivity contribution in [3.05, 3.63) is 70.9 Å². The summed E-state index contributed by atoms with van der Waals surface area (Å²) < 4.78 is 11.6. The van der Waals surface area contributed by atoms with Crippen LogP contribution >= 0.6 is 11.6 Å². The van der Waals surface area contributed by atoms with Gasteiger partial charge in [-0.05, 0) is 49.3 Å². The van der Waals surface area contributed by atoms with Crippen LogP contribution in [0.3, 0.4) is 0 Å². The number of para-hydroxylation sites is 1. The first-order chi connectivity index (χ1) is 13.3. The lowest BCUT2D eigenvalue weighted by molar-refractivity contribution is 0.0374. The van der Waals surface area contributed by atoms with Crippen molar-refractivity contribution >= 4 is 22.6 Å². The molecular weight excluding hydrogens is 360 g/mol. The van der Waals surface area contributed by atoms with Crippen LogP contribution in [0, 0.1) is 0 Å². The maximum absolute atomic E-state index is 6.14. The van der Waals surface area contributed by atoms with Crippen molar-refractivity contribution in [2.45, 2.75) is 12.5 Å². The fourth-order valence-electron chi connectivity index (χ4n) is 3.56. The van der Waals surface area contributed by atoms with E-state index < -0.39 is 0 Å². The fraction of sp³-hybridized carbons (Fsp3) is 0.364. The van der Waals surface area contributed by atoms with Gasteiger partial charge in [-0.2, -0.15) is 0 Å². The summed E-state index contributed by atoms with van der Waals surface area (Å²) >= 11 is 6.08. The smallest absolute Gasteiger partial charge is 0.134 e. The number of nitrogens with zero attached hydrogens (tertiary/aromatic N) is 1. The summed E-state index contributed by atoms with van der Waals surface area (Å²) in [6, 6.07) is 18.3. The number of ether oxygens (including phenoxy) is 1. The normalized spacial score (nSPS) is 16.6. The molecule has 2 heterocycles. The summed E-state index contributed by atoms with van der Waals surface area (Å²) in [5.41, 5.74) is 2.08. The molecule has 142 valence electrons. The SMILES string of the molecule is Clc1ccc(C(NCCCN2CCOCC2)c2cc3ccccc3o2)cc1. The Morgan fingerprint density at radius 1 is 1.04 bits per heavy atom. The van der Waals surface area contributed by atoms with E-state index in [-0.39, 0.29) is 6.04 Å². The van der Waals surface area contributed by atoms with Crippen molar-refractivity contribution in [2.75, 3.05) is 39.4 Å². The number of furan rings is 1. The van der Waals surface area contributed by atoms with Gasteiger partial charge in [0.1, 0.15) is 11.3 Å². The molecule has 0 bridgehead atoms. The average Bonchev–Trinajstić information content (AvgIpc) is 3.13. The molecule has 4 rings (SSSR count). The Balaban J connectivity index is 1.46. The molecule has 1 fully saturated rings. The zero-order valence-electron chi connectivity index (χ0n) is 15.4. The van der Waals surface area contributed by atoms with Crippen molar-refractivity contribution in [1.82, 2.24) is 10.2 Å². The zero-order chi connectivity index (χ0) is 18.5. The van der Waals surface area contributed by atoms with Gasteiger partial charge in [-0.1, -0.05) is 41.9 Å². The molecule has 1 saturated heterocycles. The number of morpholine rings is 1. The molecule has 4 nitrogen and oxygen atoms in total. The molecule has 0 spiro atoms. The number of halogens is 1. The summed E-state index contributed by atoms with van der Waals surface area (Å²) in [6.45, 7) is 5.76. The molecule has 1 N–H and O–H groups in total. The second-order valence-electron chi connectivity index (χ2n) is 6.93. The topological polar surface area (TPSA) is 37.6 Å². The second kappa shape index (κ2) is 8.89. The van der Waals surface area contributed by atoms with Crippen molar-refractivity contribution < 1.29 is 9.15 Å². The van der Waals surface area contributed by atoms with E-state index in [1.807, 2.05) is 30.3 Å². The third kappa shape index (κ3) is 4.71. The molecule has 1 aliphatic heterocycles. The molecule has 3 aromatic rings. The lowest BCUT2D eigenvalue weighted by atomic mass is 10.0. The molecule has 1 aromatic heterocycles. The minimum absolute atomic E-state index is 0.0133. The van der Waals surface area contributed by atoms with Crippen LogP contribution in [-0.4, -0.2) is 44.3 Å². The van der Waals surface area contributed by atoms with Crippen LogP contribution in [0.4, 0.5) is 0 Å². The third-order valence-corrected chi connectivity index (χ3v) is 5.29. The summed E-state index contributed by atoms with van der Waals surface area (Å²) in [4.78, 5) is 2.46. The van der Waals surface area contributed by atoms with Crippen molar-refractivity contribution in [1.29, 1.82) is 0 Å². The summed E-state index contributed by atoms with van der Waals surface area (Å²) in [5.74, 6) is 0.935. The average molecular weight is 385 g/mol. The van der Waals surface area contributed by atoms with Crippen molar-refractivity contribution in [3.63, 3.8) is 0 Å². The van der Waals surface area contributed by atoms with Crippen LogP contribution in [0.5, 0.6) is 0 Å². The second-order valence-corrected chi connectivity index (χ2v) is 7.37. The van der Waals surface area contributed by atoms with Crippen LogP contribution in [-0.2, 0) is 4.74 Å². The Morgan fingerprint density at radius 2 is 1.81 bits per heavy atom.